The summed E-state index contributed by atoms with van der Waals surface area (Å²) in [5.41, 5.74) is 1.04. The van der Waals surface area contributed by atoms with Crippen LogP contribution in [0, 0.1) is 0 Å². The van der Waals surface area contributed by atoms with Crippen molar-refractivity contribution in [3.63, 3.8) is 0 Å². The van der Waals surface area contributed by atoms with Crippen LogP contribution in [0.5, 0.6) is 5.75 Å². The highest BCUT2D eigenvalue weighted by atomic mass is 32.2. The van der Waals surface area contributed by atoms with E-state index in [0.29, 0.717) is 44.0 Å². The Kier molecular flexibility index (Phi) is 7.44. The van der Waals surface area contributed by atoms with Crippen molar-refractivity contribution in [3.05, 3.63) is 72.8 Å². The Morgan fingerprint density at radius 3 is 2.38 bits per heavy atom. The van der Waals surface area contributed by atoms with Crippen molar-refractivity contribution in [2.24, 2.45) is 0 Å². The first-order valence-corrected chi connectivity index (χ1v) is 11.2. The molecule has 7 heteroatoms. The van der Waals surface area contributed by atoms with Gasteiger partial charge in [-0.25, -0.2) is 8.42 Å². The van der Waals surface area contributed by atoms with Gasteiger partial charge in [-0.15, -0.1) is 6.58 Å². The molecule has 1 heterocycles. The molecule has 156 valence electrons. The molecule has 2 aromatic rings. The minimum absolute atomic E-state index is 0.191. The maximum absolute atomic E-state index is 12.7. The number of piperazine rings is 1. The zero-order valence-corrected chi connectivity index (χ0v) is 17.3. The van der Waals surface area contributed by atoms with Crippen LogP contribution >= 0.6 is 0 Å². The van der Waals surface area contributed by atoms with E-state index in [9.17, 15) is 13.5 Å². The fourth-order valence-corrected chi connectivity index (χ4v) is 4.84. The molecule has 1 aliphatic heterocycles. The number of allylic oxidation sites excluding steroid dienone is 1. The molecule has 0 saturated carbocycles. The highest BCUT2D eigenvalue weighted by Crippen LogP contribution is 2.20. The lowest BCUT2D eigenvalue weighted by molar-refractivity contribution is 0.0566. The largest absolute Gasteiger partial charge is 0.491 e. The lowest BCUT2D eigenvalue weighted by Crippen LogP contribution is -2.50. The van der Waals surface area contributed by atoms with Crippen molar-refractivity contribution in [2.75, 3.05) is 39.3 Å². The highest BCUT2D eigenvalue weighted by Gasteiger charge is 2.28. The molecule has 0 bridgehead atoms. The Labute approximate surface area is 173 Å². The van der Waals surface area contributed by atoms with Crippen LogP contribution in [0.15, 0.2) is 72.1 Å². The van der Waals surface area contributed by atoms with Gasteiger partial charge in [-0.1, -0.05) is 42.5 Å². The van der Waals surface area contributed by atoms with Crippen LogP contribution < -0.4 is 4.74 Å². The smallest absolute Gasteiger partial charge is 0.243 e. The first-order valence-electron chi connectivity index (χ1n) is 9.78. The predicted molar refractivity (Wildman–Crippen MR) is 113 cm³/mol. The first kappa shape index (κ1) is 21.5. The number of aliphatic hydroxyl groups excluding tert-OH is 1. The molecule has 0 aliphatic carbocycles. The lowest BCUT2D eigenvalue weighted by atomic mass is 10.1. The summed E-state index contributed by atoms with van der Waals surface area (Å²) in [6.45, 7) is 6.37. The van der Waals surface area contributed by atoms with E-state index in [4.69, 9.17) is 4.74 Å². The molecule has 1 fully saturated rings. The minimum Gasteiger partial charge on any atom is -0.491 e. The molecule has 1 N–H and O–H groups in total. The number of para-hydroxylation sites is 1. The molecule has 0 unspecified atom stereocenters. The Morgan fingerprint density at radius 1 is 1.03 bits per heavy atom. The summed E-state index contributed by atoms with van der Waals surface area (Å²) in [6.07, 6.45) is 1.88. The number of β-amino-alcohol motifs (C(OH)–C–C–N with tert-alkyl or cyclic N) is 1. The molecule has 0 radical (unpaired) electrons. The molecule has 0 spiro atoms. The number of rotatable bonds is 9. The van der Waals surface area contributed by atoms with Crippen LogP contribution in [0.2, 0.25) is 0 Å². The van der Waals surface area contributed by atoms with E-state index in [-0.39, 0.29) is 6.61 Å². The standard InChI is InChI=1S/C22H28N2O4S/c1-2-8-19-9-6-7-12-22(19)28-18-20(25)17-23-13-15-24(16-14-23)29(26,27)21-10-4-3-5-11-21/h2-7,9-12,20,25H,1,8,13-18H2/t20-/m0/s1. The molecule has 2 aromatic carbocycles. The summed E-state index contributed by atoms with van der Waals surface area (Å²) in [6, 6.07) is 16.2. The van der Waals surface area contributed by atoms with E-state index in [0.717, 1.165) is 11.3 Å². The third-order valence-corrected chi connectivity index (χ3v) is 6.86. The summed E-state index contributed by atoms with van der Waals surface area (Å²) in [5, 5.41) is 10.4. The molecule has 1 atom stereocenters. The lowest BCUT2D eigenvalue weighted by Gasteiger charge is -2.34. The molecule has 0 aromatic heterocycles. The number of hydrogen-bond donors (Lipinski definition) is 1. The Bertz CT molecular complexity index is 894. The topological polar surface area (TPSA) is 70.1 Å². The second-order valence-electron chi connectivity index (χ2n) is 7.08. The van der Waals surface area contributed by atoms with Crippen LogP contribution in [0.1, 0.15) is 5.56 Å². The summed E-state index contributed by atoms with van der Waals surface area (Å²) in [7, 11) is -3.46. The normalized spacial score (nSPS) is 17.0. The van der Waals surface area contributed by atoms with Gasteiger partial charge in [-0.3, -0.25) is 4.90 Å². The SMILES string of the molecule is C=CCc1ccccc1OC[C@@H](O)CN1CCN(S(=O)(=O)c2ccccc2)CC1. The minimum atomic E-state index is -3.46. The number of hydrogen-bond acceptors (Lipinski definition) is 5. The summed E-state index contributed by atoms with van der Waals surface area (Å²) < 4.78 is 32.7. The summed E-state index contributed by atoms with van der Waals surface area (Å²) in [5.74, 6) is 0.755. The van der Waals surface area contributed by atoms with Gasteiger partial charge < -0.3 is 9.84 Å². The Morgan fingerprint density at radius 2 is 1.69 bits per heavy atom. The number of aliphatic hydroxyl groups is 1. The fraction of sp³-hybridized carbons (Fsp3) is 0.364. The first-order chi connectivity index (χ1) is 14.0. The Hall–Kier alpha value is -2.19. The van der Waals surface area contributed by atoms with Crippen molar-refractivity contribution in [1.82, 2.24) is 9.21 Å². The summed E-state index contributed by atoms with van der Waals surface area (Å²) in [4.78, 5) is 2.39. The van der Waals surface area contributed by atoms with Crippen molar-refractivity contribution >= 4 is 10.0 Å². The van der Waals surface area contributed by atoms with Gasteiger partial charge in [0.05, 0.1) is 4.90 Å². The molecule has 1 saturated heterocycles. The van der Waals surface area contributed by atoms with Crippen LogP contribution in [-0.4, -0.2) is 68.2 Å². The Balaban J connectivity index is 1.48. The molecule has 3 rings (SSSR count). The van der Waals surface area contributed by atoms with Gasteiger partial charge in [0.15, 0.2) is 0 Å². The quantitative estimate of drug-likeness (QED) is 0.635. The summed E-state index contributed by atoms with van der Waals surface area (Å²) >= 11 is 0. The average molecular weight is 417 g/mol. The van der Waals surface area contributed by atoms with E-state index in [1.165, 1.54) is 4.31 Å². The second kappa shape index (κ2) is 10.0. The van der Waals surface area contributed by atoms with E-state index in [1.54, 1.807) is 30.3 Å². The van der Waals surface area contributed by atoms with E-state index in [2.05, 4.69) is 11.5 Å². The predicted octanol–water partition coefficient (Wildman–Crippen LogP) is 2.16. The molecule has 0 amide bonds. The van der Waals surface area contributed by atoms with Gasteiger partial charge >= 0.3 is 0 Å². The van der Waals surface area contributed by atoms with Gasteiger partial charge in [-0.05, 0) is 30.2 Å². The van der Waals surface area contributed by atoms with Gasteiger partial charge in [0.25, 0.3) is 0 Å². The van der Waals surface area contributed by atoms with Gasteiger partial charge in [0.1, 0.15) is 18.5 Å². The van der Waals surface area contributed by atoms with Crippen LogP contribution in [0.4, 0.5) is 0 Å². The van der Waals surface area contributed by atoms with Crippen molar-refractivity contribution in [3.8, 4) is 5.75 Å². The monoisotopic (exact) mass is 416 g/mol. The number of ether oxygens (including phenoxy) is 1. The van der Waals surface area contributed by atoms with E-state index < -0.39 is 16.1 Å². The molecular formula is C22H28N2O4S. The molecular weight excluding hydrogens is 388 g/mol. The van der Waals surface area contributed by atoms with E-state index in [1.807, 2.05) is 30.3 Å². The molecule has 29 heavy (non-hydrogen) atoms. The molecule has 6 nitrogen and oxygen atoms in total. The maximum Gasteiger partial charge on any atom is 0.243 e. The third-order valence-electron chi connectivity index (χ3n) is 4.95. The van der Waals surface area contributed by atoms with Gasteiger partial charge in [-0.2, -0.15) is 4.31 Å². The van der Waals surface area contributed by atoms with Gasteiger partial charge in [0, 0.05) is 32.7 Å². The van der Waals surface area contributed by atoms with Crippen molar-refractivity contribution in [2.45, 2.75) is 17.4 Å². The average Bonchev–Trinajstić information content (AvgIpc) is 2.74. The highest BCUT2D eigenvalue weighted by molar-refractivity contribution is 7.89. The van der Waals surface area contributed by atoms with Crippen LogP contribution in [-0.2, 0) is 16.4 Å². The fourth-order valence-electron chi connectivity index (χ4n) is 3.40. The number of benzene rings is 2. The van der Waals surface area contributed by atoms with Crippen LogP contribution in [0.25, 0.3) is 0 Å². The van der Waals surface area contributed by atoms with Crippen molar-refractivity contribution in [1.29, 1.82) is 0 Å². The van der Waals surface area contributed by atoms with Crippen molar-refractivity contribution < 1.29 is 18.3 Å². The van der Waals surface area contributed by atoms with E-state index >= 15 is 0 Å². The molecule has 1 aliphatic rings. The zero-order chi connectivity index (χ0) is 20.7. The van der Waals surface area contributed by atoms with Crippen LogP contribution in [0.3, 0.4) is 0 Å². The second-order valence-corrected chi connectivity index (χ2v) is 9.02. The van der Waals surface area contributed by atoms with Gasteiger partial charge in [0.2, 0.25) is 10.0 Å². The third kappa shape index (κ3) is 5.67. The number of sulfonamides is 1. The number of nitrogens with zero attached hydrogens (tertiary/aromatic N) is 2. The zero-order valence-electron chi connectivity index (χ0n) is 16.5. The maximum atomic E-state index is 12.7.